The van der Waals surface area contributed by atoms with Crippen LogP contribution in [-0.2, 0) is 6.54 Å². The van der Waals surface area contributed by atoms with Gasteiger partial charge in [0.05, 0.1) is 24.2 Å². The summed E-state index contributed by atoms with van der Waals surface area (Å²) in [4.78, 5) is 17.2. The fraction of sp³-hybridized carbons (Fsp3) is 0.458. The third-order valence-corrected chi connectivity index (χ3v) is 6.88. The van der Waals surface area contributed by atoms with Crippen molar-refractivity contribution in [2.45, 2.75) is 51.7 Å². The second-order valence-electron chi connectivity index (χ2n) is 8.36. The lowest BCUT2D eigenvalue weighted by atomic mass is 9.98. The molecule has 2 atom stereocenters. The van der Waals surface area contributed by atoms with Gasteiger partial charge in [0.2, 0.25) is 0 Å². The number of hydrogen-bond donors (Lipinski definition) is 0. The topological polar surface area (TPSA) is 42.0 Å². The van der Waals surface area contributed by atoms with E-state index in [2.05, 4.69) is 18.7 Å². The zero-order valence-corrected chi connectivity index (χ0v) is 19.7. The summed E-state index contributed by atoms with van der Waals surface area (Å²) in [5.41, 5.74) is 2.08. The lowest BCUT2D eigenvalue weighted by Gasteiger charge is -2.38. The van der Waals surface area contributed by atoms with Crippen LogP contribution in [0.5, 0.6) is 11.5 Å². The van der Waals surface area contributed by atoms with Crippen LogP contribution in [0.3, 0.4) is 0 Å². The third kappa shape index (κ3) is 4.50. The van der Waals surface area contributed by atoms with Crippen molar-refractivity contribution >= 4 is 34.8 Å². The molecule has 166 valence electrons. The molecule has 0 bridgehead atoms. The normalized spacial score (nSPS) is 21.3. The van der Waals surface area contributed by atoms with Crippen molar-refractivity contribution in [2.24, 2.45) is 0 Å². The highest BCUT2D eigenvalue weighted by atomic mass is 35.5. The highest BCUT2D eigenvalue weighted by Crippen LogP contribution is 2.38. The van der Waals surface area contributed by atoms with Crippen molar-refractivity contribution in [3.63, 3.8) is 0 Å². The molecule has 0 aromatic heterocycles. The molecule has 0 aliphatic carbocycles. The van der Waals surface area contributed by atoms with Crippen LogP contribution in [0, 0.1) is 0 Å². The first-order chi connectivity index (χ1) is 14.9. The number of ether oxygens (including phenoxy) is 2. The van der Waals surface area contributed by atoms with Gasteiger partial charge >= 0.3 is 0 Å². The Morgan fingerprint density at radius 3 is 2.52 bits per heavy atom. The monoisotopic (exact) mass is 462 g/mol. The fourth-order valence-corrected chi connectivity index (χ4v) is 5.32. The average molecular weight is 463 g/mol. The van der Waals surface area contributed by atoms with E-state index >= 15 is 0 Å². The number of methoxy groups -OCH3 is 1. The summed E-state index contributed by atoms with van der Waals surface area (Å²) in [7, 11) is 1.62. The lowest BCUT2D eigenvalue weighted by Crippen LogP contribution is -2.45. The van der Waals surface area contributed by atoms with Gasteiger partial charge in [-0.2, -0.15) is 0 Å². The number of likely N-dealkylation sites (tertiary alicyclic amines) is 1. The molecule has 0 spiro atoms. The van der Waals surface area contributed by atoms with Gasteiger partial charge in [0.1, 0.15) is 6.61 Å². The Hall–Kier alpha value is -1.95. The molecule has 0 radical (unpaired) electrons. The molecule has 1 unspecified atom stereocenters. The second-order valence-corrected chi connectivity index (χ2v) is 9.21. The molecule has 2 heterocycles. The van der Waals surface area contributed by atoms with Gasteiger partial charge in [-0.25, -0.2) is 0 Å². The number of nitrogens with zero attached hydrogens (tertiary/aromatic N) is 2. The Morgan fingerprint density at radius 2 is 1.81 bits per heavy atom. The van der Waals surface area contributed by atoms with Crippen LogP contribution in [0.15, 0.2) is 30.3 Å². The summed E-state index contributed by atoms with van der Waals surface area (Å²) < 4.78 is 11.6. The standard InChI is InChI=1S/C24H28Cl2N2O3/c1-15-5-4-6-16(2)27(15)9-10-31-22-13-19(7-8-21(22)30-3)28-14-17-11-18(25)12-20(26)23(17)24(28)29/h7-8,11-13,15-16H,4-6,9-10,14H2,1-3H3/t15-,16?/m0/s1. The number of fused-ring (bicyclic) bond motifs is 1. The fourth-order valence-electron chi connectivity index (χ4n) is 4.70. The van der Waals surface area contributed by atoms with Gasteiger partial charge in [-0.3, -0.25) is 9.69 Å². The molecule has 2 aliphatic heterocycles. The highest BCUT2D eigenvalue weighted by molar-refractivity contribution is 6.38. The van der Waals surface area contributed by atoms with E-state index in [0.717, 1.165) is 17.8 Å². The van der Waals surface area contributed by atoms with Crippen molar-refractivity contribution in [3.8, 4) is 11.5 Å². The van der Waals surface area contributed by atoms with Gasteiger partial charge in [-0.15, -0.1) is 0 Å². The first-order valence-electron chi connectivity index (χ1n) is 10.8. The second kappa shape index (κ2) is 9.27. The molecular weight excluding hydrogens is 435 g/mol. The summed E-state index contributed by atoms with van der Waals surface area (Å²) >= 11 is 12.4. The number of benzene rings is 2. The minimum absolute atomic E-state index is 0.135. The summed E-state index contributed by atoms with van der Waals surface area (Å²) in [6.45, 7) is 6.40. The van der Waals surface area contributed by atoms with E-state index in [0.29, 0.717) is 52.3 Å². The number of piperidine rings is 1. The molecule has 31 heavy (non-hydrogen) atoms. The van der Waals surface area contributed by atoms with Gasteiger partial charge < -0.3 is 14.4 Å². The average Bonchev–Trinajstić information content (AvgIpc) is 3.06. The summed E-state index contributed by atoms with van der Waals surface area (Å²) in [6, 6.07) is 10.1. The molecular formula is C24H28Cl2N2O3. The number of anilines is 1. The van der Waals surface area contributed by atoms with Crippen molar-refractivity contribution in [2.75, 3.05) is 25.2 Å². The molecule has 2 aliphatic rings. The molecule has 0 saturated carbocycles. The summed E-state index contributed by atoms with van der Waals surface area (Å²) in [5.74, 6) is 1.14. The summed E-state index contributed by atoms with van der Waals surface area (Å²) in [5, 5.41) is 0.906. The number of halogens is 2. The zero-order valence-electron chi connectivity index (χ0n) is 18.2. The van der Waals surface area contributed by atoms with Crippen molar-refractivity contribution < 1.29 is 14.3 Å². The Labute approximate surface area is 193 Å². The largest absolute Gasteiger partial charge is 0.493 e. The van der Waals surface area contributed by atoms with Crippen LogP contribution >= 0.6 is 23.2 Å². The van der Waals surface area contributed by atoms with E-state index in [1.54, 1.807) is 24.1 Å². The van der Waals surface area contributed by atoms with E-state index in [-0.39, 0.29) is 5.91 Å². The lowest BCUT2D eigenvalue weighted by molar-refractivity contribution is 0.0845. The predicted molar refractivity (Wildman–Crippen MR) is 125 cm³/mol. The Bertz CT molecular complexity index is 972. The number of amides is 1. The number of rotatable bonds is 6. The molecule has 1 amide bonds. The SMILES string of the molecule is COc1ccc(N2Cc3cc(Cl)cc(Cl)c3C2=O)cc1OCCN1C(C)CCC[C@@H]1C. The van der Waals surface area contributed by atoms with Gasteiger partial charge in [0, 0.05) is 35.4 Å². The van der Waals surface area contributed by atoms with Crippen LogP contribution < -0.4 is 14.4 Å². The molecule has 1 fully saturated rings. The Balaban J connectivity index is 1.50. The van der Waals surface area contributed by atoms with E-state index in [1.165, 1.54) is 19.3 Å². The molecule has 7 heteroatoms. The first kappa shape index (κ1) is 22.3. The number of carbonyl (C=O) groups is 1. The first-order valence-corrected chi connectivity index (χ1v) is 11.5. The zero-order chi connectivity index (χ0) is 22.1. The van der Waals surface area contributed by atoms with Gasteiger partial charge in [0.25, 0.3) is 5.91 Å². The van der Waals surface area contributed by atoms with Crippen molar-refractivity contribution in [1.29, 1.82) is 0 Å². The molecule has 1 saturated heterocycles. The van der Waals surface area contributed by atoms with Crippen LogP contribution in [0.2, 0.25) is 10.0 Å². The van der Waals surface area contributed by atoms with Gasteiger partial charge in [-0.1, -0.05) is 29.6 Å². The predicted octanol–water partition coefficient (Wildman–Crippen LogP) is 5.80. The molecule has 2 aromatic rings. The van der Waals surface area contributed by atoms with E-state index in [4.69, 9.17) is 32.7 Å². The number of hydrogen-bond acceptors (Lipinski definition) is 4. The smallest absolute Gasteiger partial charge is 0.260 e. The molecule has 0 N–H and O–H groups in total. The van der Waals surface area contributed by atoms with E-state index in [9.17, 15) is 4.79 Å². The molecule has 5 nitrogen and oxygen atoms in total. The van der Waals surface area contributed by atoms with Crippen LogP contribution in [-0.4, -0.2) is 43.2 Å². The van der Waals surface area contributed by atoms with Crippen LogP contribution in [0.4, 0.5) is 5.69 Å². The highest BCUT2D eigenvalue weighted by Gasteiger charge is 2.32. The van der Waals surface area contributed by atoms with E-state index < -0.39 is 0 Å². The van der Waals surface area contributed by atoms with E-state index in [1.807, 2.05) is 18.2 Å². The quantitative estimate of drug-likeness (QED) is 0.543. The van der Waals surface area contributed by atoms with Gasteiger partial charge in [-0.05, 0) is 56.5 Å². The minimum Gasteiger partial charge on any atom is -0.493 e. The van der Waals surface area contributed by atoms with Crippen molar-refractivity contribution in [3.05, 3.63) is 51.5 Å². The maximum Gasteiger partial charge on any atom is 0.260 e. The van der Waals surface area contributed by atoms with Crippen molar-refractivity contribution in [1.82, 2.24) is 4.90 Å². The Morgan fingerprint density at radius 1 is 1.06 bits per heavy atom. The van der Waals surface area contributed by atoms with Crippen LogP contribution in [0.25, 0.3) is 0 Å². The number of carbonyl (C=O) groups excluding carboxylic acids is 1. The molecule has 4 rings (SSSR count). The Kier molecular flexibility index (Phi) is 6.65. The maximum absolute atomic E-state index is 13.0. The van der Waals surface area contributed by atoms with Crippen LogP contribution in [0.1, 0.15) is 49.0 Å². The minimum atomic E-state index is -0.135. The maximum atomic E-state index is 13.0. The third-order valence-electron chi connectivity index (χ3n) is 6.37. The summed E-state index contributed by atoms with van der Waals surface area (Å²) in [6.07, 6.45) is 3.75. The van der Waals surface area contributed by atoms with Gasteiger partial charge in [0.15, 0.2) is 11.5 Å². The molecule has 2 aromatic carbocycles.